The third-order valence-corrected chi connectivity index (χ3v) is 12.7. The van der Waals surface area contributed by atoms with E-state index in [1.807, 2.05) is 53.4 Å². The molecule has 3 fully saturated rings. The van der Waals surface area contributed by atoms with Gasteiger partial charge in [0.05, 0.1) is 54.0 Å². The molecule has 1 unspecified atom stereocenters. The van der Waals surface area contributed by atoms with E-state index in [-0.39, 0.29) is 42.3 Å². The van der Waals surface area contributed by atoms with Crippen molar-refractivity contribution in [3.63, 3.8) is 0 Å². The van der Waals surface area contributed by atoms with Crippen LogP contribution in [0.2, 0.25) is 0 Å². The number of benzene rings is 3. The summed E-state index contributed by atoms with van der Waals surface area (Å²) in [5.41, 5.74) is 4.45. The van der Waals surface area contributed by atoms with Gasteiger partial charge in [-0.15, -0.1) is 0 Å². The van der Waals surface area contributed by atoms with Gasteiger partial charge in [0.15, 0.2) is 11.6 Å². The molecule has 1 N–H and O–H groups in total. The van der Waals surface area contributed by atoms with E-state index in [1.54, 1.807) is 43.6 Å². The Labute approximate surface area is 380 Å². The van der Waals surface area contributed by atoms with Gasteiger partial charge in [-0.3, -0.25) is 29.3 Å². The van der Waals surface area contributed by atoms with Crippen LogP contribution in [0.4, 0.5) is 5.69 Å². The average Bonchev–Trinajstić information content (AvgIpc) is 3.35. The Bertz CT molecular complexity index is 2960. The smallest absolute Gasteiger partial charge is 0.275 e. The lowest BCUT2D eigenvalue weighted by molar-refractivity contribution is -0.136. The molecule has 0 saturated carbocycles. The van der Waals surface area contributed by atoms with Crippen molar-refractivity contribution in [2.75, 3.05) is 57.3 Å². The molecule has 3 aliphatic heterocycles. The highest BCUT2D eigenvalue weighted by Gasteiger charge is 2.31. The van der Waals surface area contributed by atoms with Gasteiger partial charge >= 0.3 is 0 Å². The van der Waals surface area contributed by atoms with Gasteiger partial charge in [0.1, 0.15) is 6.04 Å². The number of rotatable bonds is 12. The number of piperazine rings is 1. The van der Waals surface area contributed by atoms with Crippen molar-refractivity contribution in [3.8, 4) is 34.5 Å². The molecule has 66 heavy (non-hydrogen) atoms. The normalized spacial score (nSPS) is 17.1. The molecule has 3 saturated heterocycles. The quantitative estimate of drug-likeness (QED) is 0.172. The Kier molecular flexibility index (Phi) is 12.7. The first-order valence-electron chi connectivity index (χ1n) is 22.3. The molecular weight excluding hydrogens is 839 g/mol. The van der Waals surface area contributed by atoms with Crippen LogP contribution in [0.3, 0.4) is 0 Å². The Balaban J connectivity index is 0.711. The van der Waals surface area contributed by atoms with Gasteiger partial charge in [0.2, 0.25) is 11.8 Å². The first-order valence-corrected chi connectivity index (χ1v) is 22.3. The molecule has 9 rings (SSSR count). The van der Waals surface area contributed by atoms with Crippen LogP contribution in [-0.2, 0) is 20.9 Å². The predicted octanol–water partition coefficient (Wildman–Crippen LogP) is 4.11. The predicted molar refractivity (Wildman–Crippen MR) is 245 cm³/mol. The van der Waals surface area contributed by atoms with E-state index in [0.29, 0.717) is 85.6 Å². The molecule has 0 bridgehead atoms. The van der Waals surface area contributed by atoms with Crippen molar-refractivity contribution < 1.29 is 19.1 Å². The van der Waals surface area contributed by atoms with Gasteiger partial charge in [-0.05, 0) is 87.2 Å². The number of amides is 3. The third kappa shape index (κ3) is 9.73. The number of aromatic nitrogens is 6. The number of carbonyl (C=O) groups excluding carboxylic acids is 3. The number of carbonyl (C=O) groups is 3. The van der Waals surface area contributed by atoms with Crippen LogP contribution >= 0.6 is 0 Å². The summed E-state index contributed by atoms with van der Waals surface area (Å²) in [5, 5.41) is 21.8. The standard InChI is InChI=1S/C49H49N11O6/c1-32-40-9-8-38(26-41(40)49(65)60(54-32)43-11-12-44(61)53-48(43)64)57-20-22-58(23-21-57)45(62)16-19-56-17-14-33(15-18-56)31-66-39-28-51-47(52-29-39)37-7-3-5-35(25-37)30-59-46(63)13-10-42(55-59)36-6-2-4-34(24-36)27-50/h2-10,13,24-26,28-29,33,43H,11-12,14-23,30-31H2,1H3,(H,53,61,64). The lowest BCUT2D eigenvalue weighted by atomic mass is 9.97. The summed E-state index contributed by atoms with van der Waals surface area (Å²) < 4.78 is 8.74. The second-order valence-electron chi connectivity index (χ2n) is 17.1. The minimum absolute atomic E-state index is 0.139. The van der Waals surface area contributed by atoms with E-state index in [2.05, 4.69) is 41.4 Å². The highest BCUT2D eigenvalue weighted by molar-refractivity contribution is 5.99. The van der Waals surface area contributed by atoms with E-state index in [0.717, 1.165) is 53.7 Å². The molecule has 3 aromatic carbocycles. The zero-order valence-electron chi connectivity index (χ0n) is 36.6. The maximum absolute atomic E-state index is 13.6. The molecule has 1 atom stereocenters. The molecule has 17 heteroatoms. The van der Waals surface area contributed by atoms with Crippen LogP contribution in [0.1, 0.15) is 55.0 Å². The van der Waals surface area contributed by atoms with Crippen molar-refractivity contribution in [1.29, 1.82) is 5.26 Å². The second kappa shape index (κ2) is 19.3. The minimum atomic E-state index is -0.832. The highest BCUT2D eigenvalue weighted by Crippen LogP contribution is 2.26. The summed E-state index contributed by atoms with van der Waals surface area (Å²) in [6.07, 6.45) is 6.13. The Morgan fingerprint density at radius 1 is 0.833 bits per heavy atom. The first kappa shape index (κ1) is 43.7. The van der Waals surface area contributed by atoms with Gasteiger partial charge in [0.25, 0.3) is 17.0 Å². The number of likely N-dealkylation sites (tertiary alicyclic amines) is 1. The molecule has 3 amide bonds. The molecule has 3 aromatic heterocycles. The molecule has 3 aliphatic rings. The van der Waals surface area contributed by atoms with Gasteiger partial charge in [0, 0.05) is 73.8 Å². The van der Waals surface area contributed by atoms with Crippen LogP contribution in [0.5, 0.6) is 5.75 Å². The Morgan fingerprint density at radius 3 is 2.38 bits per heavy atom. The number of nitrogens with one attached hydrogen (secondary N) is 1. The largest absolute Gasteiger partial charge is 0.490 e. The minimum Gasteiger partial charge on any atom is -0.490 e. The molecule has 6 aromatic rings. The van der Waals surface area contributed by atoms with Gasteiger partial charge in [-0.2, -0.15) is 15.5 Å². The number of ether oxygens (including phenoxy) is 1. The SMILES string of the molecule is Cc1nn(C2CCC(=O)NC2=O)c(=O)c2cc(N3CCN(C(=O)CCN4CCC(COc5cnc(-c6cccc(Cn7nc(-c8cccc(C#N)c8)ccc7=O)c6)nc5)CC4)CC3)ccc12. The fraction of sp³-hybridized carbons (Fsp3) is 0.347. The van der Waals surface area contributed by atoms with Crippen LogP contribution in [0, 0.1) is 24.2 Å². The number of anilines is 1. The average molecular weight is 888 g/mol. The topological polar surface area (TPSA) is 202 Å². The monoisotopic (exact) mass is 887 g/mol. The van der Waals surface area contributed by atoms with Crippen LogP contribution in [-0.4, -0.2) is 109 Å². The van der Waals surface area contributed by atoms with Crippen LogP contribution in [0.15, 0.2) is 101 Å². The molecular formula is C49H49N11O6. The number of imide groups is 1. The fourth-order valence-corrected chi connectivity index (χ4v) is 8.93. The van der Waals surface area contributed by atoms with Crippen molar-refractivity contribution in [2.24, 2.45) is 5.92 Å². The summed E-state index contributed by atoms with van der Waals surface area (Å²) in [4.78, 5) is 79.4. The molecule has 0 radical (unpaired) electrons. The number of fused-ring (bicyclic) bond motifs is 1. The molecule has 17 nitrogen and oxygen atoms in total. The number of hydrogen-bond donors (Lipinski definition) is 1. The summed E-state index contributed by atoms with van der Waals surface area (Å²) in [5.74, 6) is 0.788. The number of nitriles is 1. The van der Waals surface area contributed by atoms with Crippen LogP contribution in [0.25, 0.3) is 33.4 Å². The highest BCUT2D eigenvalue weighted by atomic mass is 16.5. The number of hydrogen-bond acceptors (Lipinski definition) is 13. The maximum Gasteiger partial charge on any atom is 0.275 e. The maximum atomic E-state index is 13.6. The molecule has 0 spiro atoms. The summed E-state index contributed by atoms with van der Waals surface area (Å²) in [6, 6.07) is 25.0. The van der Waals surface area contributed by atoms with Gasteiger partial charge < -0.3 is 19.4 Å². The van der Waals surface area contributed by atoms with Crippen molar-refractivity contribution >= 4 is 34.2 Å². The molecule has 336 valence electrons. The second-order valence-corrected chi connectivity index (χ2v) is 17.1. The Hall–Kier alpha value is -7.58. The summed E-state index contributed by atoms with van der Waals surface area (Å²) >= 11 is 0. The van der Waals surface area contributed by atoms with Crippen molar-refractivity contribution in [3.05, 3.63) is 129 Å². The van der Waals surface area contributed by atoms with E-state index in [4.69, 9.17) is 4.74 Å². The molecule has 0 aliphatic carbocycles. The van der Waals surface area contributed by atoms with Crippen LogP contribution < -0.4 is 26.1 Å². The van der Waals surface area contributed by atoms with Crippen molar-refractivity contribution in [2.45, 2.75) is 51.6 Å². The zero-order chi connectivity index (χ0) is 45.7. The Morgan fingerprint density at radius 2 is 1.61 bits per heavy atom. The van der Waals surface area contributed by atoms with E-state index >= 15 is 0 Å². The van der Waals surface area contributed by atoms with Gasteiger partial charge in [-0.25, -0.2) is 19.3 Å². The number of nitrogens with zero attached hydrogens (tertiary/aromatic N) is 10. The van der Waals surface area contributed by atoms with Crippen molar-refractivity contribution in [1.82, 2.24) is 44.6 Å². The molecule has 6 heterocycles. The third-order valence-electron chi connectivity index (χ3n) is 12.7. The fourth-order valence-electron chi connectivity index (χ4n) is 8.93. The first-order chi connectivity index (χ1) is 32.1. The van der Waals surface area contributed by atoms with E-state index in [1.165, 1.54) is 15.4 Å². The van der Waals surface area contributed by atoms with E-state index < -0.39 is 11.9 Å². The van der Waals surface area contributed by atoms with Gasteiger partial charge in [-0.1, -0.05) is 36.4 Å². The summed E-state index contributed by atoms with van der Waals surface area (Å²) in [6.45, 7) is 7.54. The lowest BCUT2D eigenvalue weighted by Gasteiger charge is -2.37. The summed E-state index contributed by atoms with van der Waals surface area (Å²) in [7, 11) is 0. The lowest BCUT2D eigenvalue weighted by Crippen LogP contribution is -2.49. The zero-order valence-corrected chi connectivity index (χ0v) is 36.6. The van der Waals surface area contributed by atoms with E-state index in [9.17, 15) is 29.2 Å². The number of piperidine rings is 2. The number of aryl methyl sites for hydroxylation is 1.